The van der Waals surface area contributed by atoms with Crippen molar-refractivity contribution >= 4 is 17.6 Å². The lowest BCUT2D eigenvalue weighted by Crippen LogP contribution is -2.26. The van der Waals surface area contributed by atoms with Crippen molar-refractivity contribution in [2.45, 2.75) is 18.9 Å². The number of carbonyl (C=O) groups is 1. The Morgan fingerprint density at radius 1 is 1.27 bits per heavy atom. The molecule has 2 aromatic rings. The highest BCUT2D eigenvalue weighted by atomic mass is 35.5. The van der Waals surface area contributed by atoms with Gasteiger partial charge in [-0.2, -0.15) is 0 Å². The maximum absolute atomic E-state index is 10.6. The van der Waals surface area contributed by atoms with E-state index in [9.17, 15) is 4.79 Å². The summed E-state index contributed by atoms with van der Waals surface area (Å²) in [6, 6.07) is 12.9. The minimum absolute atomic E-state index is 0.0378. The molecule has 1 atom stereocenters. The molecule has 0 aliphatic heterocycles. The molecule has 116 valence electrons. The summed E-state index contributed by atoms with van der Waals surface area (Å²) < 4.78 is 5.35. The van der Waals surface area contributed by atoms with Crippen LogP contribution in [-0.2, 0) is 11.2 Å². The minimum atomic E-state index is -0.882. The Morgan fingerprint density at radius 3 is 2.55 bits per heavy atom. The third-order valence-corrected chi connectivity index (χ3v) is 3.60. The Bertz CT molecular complexity index is 655. The van der Waals surface area contributed by atoms with Gasteiger partial charge in [-0.05, 0) is 35.7 Å². The Labute approximate surface area is 134 Å². The molecule has 2 rings (SSSR count). The second kappa shape index (κ2) is 7.29. The zero-order valence-electron chi connectivity index (χ0n) is 12.3. The van der Waals surface area contributed by atoms with E-state index in [4.69, 9.17) is 27.2 Å². The van der Waals surface area contributed by atoms with Crippen LogP contribution in [0.5, 0.6) is 5.75 Å². The molecule has 0 saturated carbocycles. The third kappa shape index (κ3) is 4.23. The highest BCUT2D eigenvalue weighted by molar-refractivity contribution is 6.31. The van der Waals surface area contributed by atoms with E-state index in [0.29, 0.717) is 11.4 Å². The fraction of sp³-hybridized carbons (Fsp3) is 0.235. The predicted molar refractivity (Wildman–Crippen MR) is 87.4 cm³/mol. The number of carboxylic acid groups (broad SMARTS) is 1. The SMILES string of the molecule is COc1ccc(Cl)cc1-c1ccc(CC(N)CC(=O)O)cc1. The topological polar surface area (TPSA) is 72.5 Å². The molecule has 0 aromatic heterocycles. The molecule has 0 saturated heterocycles. The molecule has 0 amide bonds. The molecular formula is C17H18ClNO3. The predicted octanol–water partition coefficient (Wildman–Crippen LogP) is 3.36. The second-order valence-electron chi connectivity index (χ2n) is 5.10. The van der Waals surface area contributed by atoms with Crippen LogP contribution in [0, 0.1) is 0 Å². The number of hydrogen-bond donors (Lipinski definition) is 2. The number of halogens is 1. The van der Waals surface area contributed by atoms with Gasteiger partial charge in [0.25, 0.3) is 0 Å². The van der Waals surface area contributed by atoms with E-state index in [1.807, 2.05) is 36.4 Å². The fourth-order valence-electron chi connectivity index (χ4n) is 2.33. The molecule has 0 spiro atoms. The number of methoxy groups -OCH3 is 1. The maximum atomic E-state index is 10.6. The summed E-state index contributed by atoms with van der Waals surface area (Å²) in [5.41, 5.74) is 8.70. The first-order chi connectivity index (χ1) is 10.5. The van der Waals surface area contributed by atoms with Gasteiger partial charge < -0.3 is 15.6 Å². The van der Waals surface area contributed by atoms with E-state index in [0.717, 1.165) is 22.4 Å². The summed E-state index contributed by atoms with van der Waals surface area (Å²) in [7, 11) is 1.62. The normalized spacial score (nSPS) is 12.0. The van der Waals surface area contributed by atoms with Gasteiger partial charge in [0.1, 0.15) is 5.75 Å². The smallest absolute Gasteiger partial charge is 0.304 e. The van der Waals surface area contributed by atoms with Crippen LogP contribution in [-0.4, -0.2) is 24.2 Å². The molecule has 22 heavy (non-hydrogen) atoms. The second-order valence-corrected chi connectivity index (χ2v) is 5.54. The Balaban J connectivity index is 2.18. The van der Waals surface area contributed by atoms with Crippen LogP contribution in [0.2, 0.25) is 5.02 Å². The van der Waals surface area contributed by atoms with Gasteiger partial charge in [-0.3, -0.25) is 4.79 Å². The lowest BCUT2D eigenvalue weighted by molar-refractivity contribution is -0.137. The van der Waals surface area contributed by atoms with Crippen LogP contribution in [0.3, 0.4) is 0 Å². The molecule has 0 aliphatic rings. The Kier molecular flexibility index (Phi) is 5.41. The van der Waals surface area contributed by atoms with Crippen molar-refractivity contribution in [3.63, 3.8) is 0 Å². The zero-order valence-corrected chi connectivity index (χ0v) is 13.0. The lowest BCUT2D eigenvalue weighted by atomic mass is 9.99. The Morgan fingerprint density at radius 2 is 1.95 bits per heavy atom. The summed E-state index contributed by atoms with van der Waals surface area (Å²) in [6.07, 6.45) is 0.489. The average Bonchev–Trinajstić information content (AvgIpc) is 2.47. The van der Waals surface area contributed by atoms with E-state index in [-0.39, 0.29) is 12.5 Å². The van der Waals surface area contributed by atoms with Crippen LogP contribution in [0.25, 0.3) is 11.1 Å². The van der Waals surface area contributed by atoms with Gasteiger partial charge in [-0.25, -0.2) is 0 Å². The van der Waals surface area contributed by atoms with Gasteiger partial charge in [0, 0.05) is 16.6 Å². The molecule has 0 fully saturated rings. The summed E-state index contributed by atoms with van der Waals surface area (Å²) >= 11 is 6.04. The van der Waals surface area contributed by atoms with Crippen molar-refractivity contribution in [3.05, 3.63) is 53.1 Å². The standard InChI is InChI=1S/C17H18ClNO3/c1-22-16-7-6-13(18)9-15(16)12-4-2-11(3-5-12)8-14(19)10-17(20)21/h2-7,9,14H,8,10,19H2,1H3,(H,20,21). The van der Waals surface area contributed by atoms with Gasteiger partial charge in [-0.15, -0.1) is 0 Å². The van der Waals surface area contributed by atoms with E-state index in [1.165, 1.54) is 0 Å². The monoisotopic (exact) mass is 319 g/mol. The van der Waals surface area contributed by atoms with E-state index >= 15 is 0 Å². The van der Waals surface area contributed by atoms with Gasteiger partial charge >= 0.3 is 5.97 Å². The van der Waals surface area contributed by atoms with Crippen LogP contribution in [0.4, 0.5) is 0 Å². The van der Waals surface area contributed by atoms with Gasteiger partial charge in [0.15, 0.2) is 0 Å². The average molecular weight is 320 g/mol. The molecule has 5 heteroatoms. The zero-order chi connectivity index (χ0) is 16.1. The number of aliphatic carboxylic acids is 1. The van der Waals surface area contributed by atoms with Crippen molar-refractivity contribution in [2.75, 3.05) is 7.11 Å². The molecule has 2 aromatic carbocycles. The summed E-state index contributed by atoms with van der Waals surface area (Å²) in [5.74, 6) is -0.132. The fourth-order valence-corrected chi connectivity index (χ4v) is 2.50. The number of ether oxygens (including phenoxy) is 1. The van der Waals surface area contributed by atoms with Crippen LogP contribution in [0.15, 0.2) is 42.5 Å². The molecule has 0 heterocycles. The van der Waals surface area contributed by atoms with Crippen molar-refractivity contribution in [3.8, 4) is 16.9 Å². The van der Waals surface area contributed by atoms with E-state index in [2.05, 4.69) is 0 Å². The first-order valence-electron chi connectivity index (χ1n) is 6.90. The molecule has 1 unspecified atom stereocenters. The van der Waals surface area contributed by atoms with Crippen molar-refractivity contribution < 1.29 is 14.6 Å². The van der Waals surface area contributed by atoms with E-state index in [1.54, 1.807) is 13.2 Å². The van der Waals surface area contributed by atoms with Crippen LogP contribution in [0.1, 0.15) is 12.0 Å². The highest BCUT2D eigenvalue weighted by Gasteiger charge is 2.10. The number of benzene rings is 2. The summed E-state index contributed by atoms with van der Waals surface area (Å²) in [6.45, 7) is 0. The quantitative estimate of drug-likeness (QED) is 0.856. The lowest BCUT2D eigenvalue weighted by Gasteiger charge is -2.11. The third-order valence-electron chi connectivity index (χ3n) is 3.36. The van der Waals surface area contributed by atoms with E-state index < -0.39 is 5.97 Å². The first-order valence-corrected chi connectivity index (χ1v) is 7.27. The molecule has 0 aliphatic carbocycles. The highest BCUT2D eigenvalue weighted by Crippen LogP contribution is 2.32. The first kappa shape index (κ1) is 16.3. The number of carboxylic acids is 1. The van der Waals surface area contributed by atoms with Gasteiger partial charge in [-0.1, -0.05) is 35.9 Å². The van der Waals surface area contributed by atoms with Gasteiger partial charge in [0.05, 0.1) is 13.5 Å². The van der Waals surface area contributed by atoms with Crippen molar-refractivity contribution in [1.29, 1.82) is 0 Å². The van der Waals surface area contributed by atoms with Crippen molar-refractivity contribution in [2.24, 2.45) is 5.73 Å². The number of rotatable bonds is 6. The van der Waals surface area contributed by atoms with Crippen LogP contribution < -0.4 is 10.5 Å². The van der Waals surface area contributed by atoms with Crippen molar-refractivity contribution in [1.82, 2.24) is 0 Å². The summed E-state index contributed by atoms with van der Waals surface area (Å²) in [4.78, 5) is 10.6. The minimum Gasteiger partial charge on any atom is -0.496 e. The number of hydrogen-bond acceptors (Lipinski definition) is 3. The molecule has 4 nitrogen and oxygen atoms in total. The summed E-state index contributed by atoms with van der Waals surface area (Å²) in [5, 5.41) is 9.37. The largest absolute Gasteiger partial charge is 0.496 e. The molecule has 0 radical (unpaired) electrons. The van der Waals surface area contributed by atoms with Crippen LogP contribution >= 0.6 is 11.6 Å². The maximum Gasteiger partial charge on any atom is 0.304 e. The molecular weight excluding hydrogens is 302 g/mol. The Hall–Kier alpha value is -2.04. The molecule has 0 bridgehead atoms. The van der Waals surface area contributed by atoms with Gasteiger partial charge in [0.2, 0.25) is 0 Å². The molecule has 3 N–H and O–H groups in total. The number of nitrogens with two attached hydrogens (primary N) is 1.